The van der Waals surface area contributed by atoms with Crippen molar-refractivity contribution in [2.75, 3.05) is 13.7 Å². The van der Waals surface area contributed by atoms with Gasteiger partial charge in [-0.3, -0.25) is 4.99 Å². The van der Waals surface area contributed by atoms with E-state index < -0.39 is 5.18 Å². The van der Waals surface area contributed by atoms with Gasteiger partial charge in [0.05, 0.1) is 11.1 Å². The average molecular weight is 236 g/mol. The van der Waals surface area contributed by atoms with Gasteiger partial charge in [-0.05, 0) is 6.07 Å². The van der Waals surface area contributed by atoms with Gasteiger partial charge in [-0.25, -0.2) is 4.99 Å². The Morgan fingerprint density at radius 1 is 1.44 bits per heavy atom. The first kappa shape index (κ1) is 9.81. The van der Waals surface area contributed by atoms with Gasteiger partial charge in [-0.15, -0.1) is 0 Å². The number of benzene rings is 1. The van der Waals surface area contributed by atoms with Crippen molar-refractivity contribution in [3.8, 4) is 0 Å². The number of rotatable bonds is 0. The quantitative estimate of drug-likeness (QED) is 0.494. The monoisotopic (exact) mass is 235 g/mol. The van der Waals surface area contributed by atoms with Crippen LogP contribution in [0, 0.1) is 0 Å². The molecule has 2 heterocycles. The molecule has 1 atom stereocenters. The number of aliphatic hydroxyl groups is 1. The number of para-hydroxylation sites is 1. The lowest BCUT2D eigenvalue weighted by molar-refractivity contribution is 0.205. The van der Waals surface area contributed by atoms with Gasteiger partial charge in [0.15, 0.2) is 0 Å². The SMILES string of the molecule is CN1CN=C2C1=c1ccccc1=NC2(O)Cl. The minimum atomic E-state index is -1.73. The largest absolute Gasteiger partial charge is 0.353 e. The van der Waals surface area contributed by atoms with Gasteiger partial charge in [-0.2, -0.15) is 0 Å². The third-order valence-electron chi connectivity index (χ3n) is 2.78. The van der Waals surface area contributed by atoms with E-state index in [9.17, 15) is 5.11 Å². The maximum Gasteiger partial charge on any atom is 0.281 e. The average Bonchev–Trinajstić information content (AvgIpc) is 2.61. The second-order valence-corrected chi connectivity index (χ2v) is 4.44. The van der Waals surface area contributed by atoms with Crippen LogP contribution in [0.25, 0.3) is 5.70 Å². The molecule has 1 aromatic rings. The molecule has 2 aliphatic rings. The fourth-order valence-electron chi connectivity index (χ4n) is 2.07. The molecular weight excluding hydrogens is 226 g/mol. The molecule has 0 bridgehead atoms. The van der Waals surface area contributed by atoms with Crippen LogP contribution in [0.5, 0.6) is 0 Å². The molecule has 16 heavy (non-hydrogen) atoms. The summed E-state index contributed by atoms with van der Waals surface area (Å²) in [5, 5.41) is 9.96. The smallest absolute Gasteiger partial charge is 0.281 e. The van der Waals surface area contributed by atoms with Crippen LogP contribution in [0.15, 0.2) is 34.3 Å². The molecule has 0 saturated heterocycles. The minimum absolute atomic E-state index is 0.440. The van der Waals surface area contributed by atoms with Crippen LogP contribution in [0.2, 0.25) is 0 Å². The minimum Gasteiger partial charge on any atom is -0.353 e. The predicted molar refractivity (Wildman–Crippen MR) is 61.5 cm³/mol. The van der Waals surface area contributed by atoms with Crippen molar-refractivity contribution in [1.82, 2.24) is 4.90 Å². The van der Waals surface area contributed by atoms with E-state index >= 15 is 0 Å². The molecule has 3 rings (SSSR count). The van der Waals surface area contributed by atoms with Crippen molar-refractivity contribution < 1.29 is 5.11 Å². The lowest BCUT2D eigenvalue weighted by atomic mass is 10.1. The summed E-state index contributed by atoms with van der Waals surface area (Å²) in [7, 11) is 1.92. The van der Waals surface area contributed by atoms with Crippen LogP contribution in [0.3, 0.4) is 0 Å². The molecule has 1 unspecified atom stereocenters. The number of nitrogens with zero attached hydrogens (tertiary/aromatic N) is 3. The highest BCUT2D eigenvalue weighted by Crippen LogP contribution is 2.27. The maximum absolute atomic E-state index is 10.0. The second kappa shape index (κ2) is 3.06. The topological polar surface area (TPSA) is 48.2 Å². The standard InChI is InChI=1S/C11H10ClN3O/c1-15-6-13-10-9(15)7-4-2-3-5-8(7)14-11(10,12)16/h2-5,16H,6H2,1H3. The molecule has 1 aromatic carbocycles. The van der Waals surface area contributed by atoms with Crippen LogP contribution in [0.4, 0.5) is 0 Å². The van der Waals surface area contributed by atoms with E-state index in [1.54, 1.807) is 0 Å². The van der Waals surface area contributed by atoms with Crippen LogP contribution < -0.4 is 10.6 Å². The molecule has 0 spiro atoms. The maximum atomic E-state index is 10.0. The lowest BCUT2D eigenvalue weighted by Gasteiger charge is -2.23. The number of hydrogen-bond donors (Lipinski definition) is 1. The van der Waals surface area contributed by atoms with Gasteiger partial charge < -0.3 is 10.0 Å². The third-order valence-corrected chi connectivity index (χ3v) is 3.04. The number of alkyl halides is 1. The van der Waals surface area contributed by atoms with Gasteiger partial charge in [0, 0.05) is 12.3 Å². The van der Waals surface area contributed by atoms with Crippen LogP contribution in [-0.4, -0.2) is 34.6 Å². The van der Waals surface area contributed by atoms with Crippen LogP contribution >= 0.6 is 11.6 Å². The summed E-state index contributed by atoms with van der Waals surface area (Å²) < 4.78 is 0. The van der Waals surface area contributed by atoms with Crippen LogP contribution in [0.1, 0.15) is 0 Å². The summed E-state index contributed by atoms with van der Waals surface area (Å²) in [6.45, 7) is 0.504. The highest BCUT2D eigenvalue weighted by atomic mass is 35.5. The van der Waals surface area contributed by atoms with Gasteiger partial charge >= 0.3 is 0 Å². The molecule has 1 N–H and O–H groups in total. The van der Waals surface area contributed by atoms with Crippen LogP contribution in [-0.2, 0) is 0 Å². The molecule has 0 fully saturated rings. The second-order valence-electron chi connectivity index (χ2n) is 3.91. The normalized spacial score (nSPS) is 27.1. The molecule has 0 amide bonds. The molecule has 0 aliphatic carbocycles. The zero-order valence-corrected chi connectivity index (χ0v) is 9.44. The van der Waals surface area contributed by atoms with Crippen molar-refractivity contribution in [2.45, 2.75) is 5.18 Å². The highest BCUT2D eigenvalue weighted by molar-refractivity contribution is 6.43. The summed E-state index contributed by atoms with van der Waals surface area (Å²) in [5.74, 6) is 0. The van der Waals surface area contributed by atoms with E-state index in [1.807, 2.05) is 36.2 Å². The van der Waals surface area contributed by atoms with E-state index in [4.69, 9.17) is 11.6 Å². The Morgan fingerprint density at radius 2 is 2.19 bits per heavy atom. The fraction of sp³-hybridized carbons (Fsp3) is 0.273. The van der Waals surface area contributed by atoms with Gasteiger partial charge in [-0.1, -0.05) is 29.8 Å². The van der Waals surface area contributed by atoms with Crippen molar-refractivity contribution in [1.29, 1.82) is 0 Å². The Morgan fingerprint density at radius 3 is 3.00 bits per heavy atom. The van der Waals surface area contributed by atoms with E-state index in [2.05, 4.69) is 9.98 Å². The Labute approximate surface area is 97.2 Å². The Bertz CT molecular complexity index is 606. The number of hydrogen-bond acceptors (Lipinski definition) is 4. The van der Waals surface area contributed by atoms with E-state index in [1.165, 1.54) is 0 Å². The van der Waals surface area contributed by atoms with E-state index in [0.29, 0.717) is 17.7 Å². The summed E-state index contributed by atoms with van der Waals surface area (Å²) >= 11 is 5.98. The summed E-state index contributed by atoms with van der Waals surface area (Å²) in [6.07, 6.45) is 0. The molecule has 5 heteroatoms. The Balaban J connectivity index is 2.47. The summed E-state index contributed by atoms with van der Waals surface area (Å²) in [5.41, 5.74) is 1.30. The fourth-order valence-corrected chi connectivity index (χ4v) is 2.31. The van der Waals surface area contributed by atoms with E-state index in [0.717, 1.165) is 10.9 Å². The highest BCUT2D eigenvalue weighted by Gasteiger charge is 2.39. The molecule has 82 valence electrons. The van der Waals surface area contributed by atoms with Gasteiger partial charge in [0.25, 0.3) is 5.18 Å². The summed E-state index contributed by atoms with van der Waals surface area (Å²) in [4.78, 5) is 10.3. The third kappa shape index (κ3) is 1.20. The van der Waals surface area contributed by atoms with Gasteiger partial charge in [0.1, 0.15) is 12.4 Å². The molecular formula is C11H10ClN3O. The Hall–Kier alpha value is -1.39. The zero-order valence-electron chi connectivity index (χ0n) is 8.68. The number of aliphatic imine (C=N–C) groups is 1. The first-order valence-corrected chi connectivity index (χ1v) is 5.34. The lowest BCUT2D eigenvalue weighted by Crippen LogP contribution is -2.46. The Kier molecular flexibility index (Phi) is 1.87. The molecule has 0 radical (unpaired) electrons. The van der Waals surface area contributed by atoms with Crippen molar-refractivity contribution in [3.63, 3.8) is 0 Å². The van der Waals surface area contributed by atoms with Crippen molar-refractivity contribution in [2.24, 2.45) is 9.98 Å². The molecule has 4 nitrogen and oxygen atoms in total. The zero-order chi connectivity index (χ0) is 11.3. The summed E-state index contributed by atoms with van der Waals surface area (Å²) in [6, 6.07) is 7.59. The van der Waals surface area contributed by atoms with Crippen molar-refractivity contribution in [3.05, 3.63) is 34.8 Å². The molecule has 0 aromatic heterocycles. The van der Waals surface area contributed by atoms with Gasteiger partial charge in [0.2, 0.25) is 0 Å². The van der Waals surface area contributed by atoms with E-state index in [-0.39, 0.29) is 0 Å². The number of fused-ring (bicyclic) bond motifs is 2. The predicted octanol–water partition coefficient (Wildman–Crippen LogP) is -0.343. The first-order valence-electron chi connectivity index (χ1n) is 4.96. The molecule has 0 saturated carbocycles. The first-order chi connectivity index (χ1) is 7.59. The van der Waals surface area contributed by atoms with Crippen molar-refractivity contribution >= 4 is 23.0 Å². The number of halogens is 1. The molecule has 2 aliphatic heterocycles.